The molecule has 1 atom stereocenters. The van der Waals surface area contributed by atoms with Crippen LogP contribution in [0.3, 0.4) is 0 Å². The molecular weight excluding hydrogens is 236 g/mol. The Hall–Kier alpha value is -1.35. The maximum atomic E-state index is 12.2. The molecule has 19 heavy (non-hydrogen) atoms. The smallest absolute Gasteiger partial charge is 0.224 e. The van der Waals surface area contributed by atoms with E-state index >= 15 is 0 Å². The van der Waals surface area contributed by atoms with Crippen LogP contribution in [0.1, 0.15) is 38.3 Å². The number of rotatable bonds is 7. The Morgan fingerprint density at radius 3 is 2.68 bits per heavy atom. The van der Waals surface area contributed by atoms with Gasteiger partial charge in [0.25, 0.3) is 0 Å². The van der Waals surface area contributed by atoms with Crippen LogP contribution in [0, 0.1) is 6.92 Å². The molecule has 0 aliphatic rings. The highest BCUT2D eigenvalue weighted by atomic mass is 16.2. The lowest BCUT2D eigenvalue weighted by atomic mass is 10.1. The first-order valence-electron chi connectivity index (χ1n) is 7.13. The first kappa shape index (κ1) is 15.7. The summed E-state index contributed by atoms with van der Waals surface area (Å²) in [6.45, 7) is 10.6. The molecule has 3 heteroatoms. The molecule has 1 aromatic rings. The van der Waals surface area contributed by atoms with E-state index in [4.69, 9.17) is 0 Å². The Morgan fingerprint density at radius 1 is 1.37 bits per heavy atom. The summed E-state index contributed by atoms with van der Waals surface area (Å²) in [7, 11) is 0. The number of carbonyl (C=O) groups excluding carboxylic acids is 1. The van der Waals surface area contributed by atoms with Crippen LogP contribution < -0.4 is 5.32 Å². The van der Waals surface area contributed by atoms with Crippen LogP contribution in [0.2, 0.25) is 0 Å². The third-order valence-electron chi connectivity index (χ3n) is 3.22. The third-order valence-corrected chi connectivity index (χ3v) is 3.22. The first-order valence-corrected chi connectivity index (χ1v) is 7.13. The number of hydrogen-bond donors (Lipinski definition) is 1. The predicted molar refractivity (Wildman–Crippen MR) is 80.0 cm³/mol. The quantitative estimate of drug-likeness (QED) is 0.819. The van der Waals surface area contributed by atoms with E-state index in [0.717, 1.165) is 13.1 Å². The summed E-state index contributed by atoms with van der Waals surface area (Å²) in [5.41, 5.74) is 2.44. The minimum atomic E-state index is 0.220. The predicted octanol–water partition coefficient (Wildman–Crippen LogP) is 2.73. The van der Waals surface area contributed by atoms with Crippen LogP contribution in [0.5, 0.6) is 0 Å². The zero-order chi connectivity index (χ0) is 14.3. The molecule has 1 rings (SSSR count). The van der Waals surface area contributed by atoms with Crippen LogP contribution in [0.25, 0.3) is 0 Å². The number of benzene rings is 1. The monoisotopic (exact) mass is 262 g/mol. The van der Waals surface area contributed by atoms with Gasteiger partial charge < -0.3 is 10.2 Å². The Kier molecular flexibility index (Phi) is 6.57. The SMILES string of the molecule is CCNC(C)CC(=O)N(CC)Cc1cccc(C)c1. The lowest BCUT2D eigenvalue weighted by Crippen LogP contribution is -2.36. The number of nitrogens with one attached hydrogen (secondary N) is 1. The van der Waals surface area contributed by atoms with E-state index in [1.807, 2.05) is 17.9 Å². The van der Waals surface area contributed by atoms with Crippen molar-refractivity contribution < 1.29 is 4.79 Å². The van der Waals surface area contributed by atoms with Gasteiger partial charge in [0.05, 0.1) is 0 Å². The number of nitrogens with zero attached hydrogens (tertiary/aromatic N) is 1. The Bertz CT molecular complexity index is 403. The average molecular weight is 262 g/mol. The van der Waals surface area contributed by atoms with Crippen molar-refractivity contribution in [3.8, 4) is 0 Å². The van der Waals surface area contributed by atoms with Gasteiger partial charge >= 0.3 is 0 Å². The van der Waals surface area contributed by atoms with Gasteiger partial charge in [-0.15, -0.1) is 0 Å². The normalized spacial score (nSPS) is 12.2. The molecule has 1 aromatic carbocycles. The first-order chi connectivity index (χ1) is 9.06. The van der Waals surface area contributed by atoms with Gasteiger partial charge in [0.2, 0.25) is 5.91 Å². The van der Waals surface area contributed by atoms with E-state index < -0.39 is 0 Å². The molecule has 0 bridgehead atoms. The van der Waals surface area contributed by atoms with Crippen LogP contribution >= 0.6 is 0 Å². The lowest BCUT2D eigenvalue weighted by Gasteiger charge is -2.23. The van der Waals surface area contributed by atoms with Gasteiger partial charge in [-0.25, -0.2) is 0 Å². The summed E-state index contributed by atoms with van der Waals surface area (Å²) >= 11 is 0. The molecule has 1 amide bonds. The molecule has 106 valence electrons. The van der Waals surface area contributed by atoms with Crippen molar-refractivity contribution in [2.75, 3.05) is 13.1 Å². The van der Waals surface area contributed by atoms with Gasteiger partial charge in [0, 0.05) is 25.6 Å². The van der Waals surface area contributed by atoms with Gasteiger partial charge in [-0.3, -0.25) is 4.79 Å². The number of amides is 1. The van der Waals surface area contributed by atoms with Crippen LogP contribution in [0.15, 0.2) is 24.3 Å². The maximum Gasteiger partial charge on any atom is 0.224 e. The van der Waals surface area contributed by atoms with E-state index in [2.05, 4.69) is 44.3 Å². The van der Waals surface area contributed by atoms with E-state index in [0.29, 0.717) is 13.0 Å². The van der Waals surface area contributed by atoms with E-state index in [1.54, 1.807) is 0 Å². The van der Waals surface area contributed by atoms with Crippen molar-refractivity contribution in [3.05, 3.63) is 35.4 Å². The maximum absolute atomic E-state index is 12.2. The number of hydrogen-bond acceptors (Lipinski definition) is 2. The molecule has 0 aromatic heterocycles. The van der Waals surface area contributed by atoms with Gasteiger partial charge in [0.15, 0.2) is 0 Å². The molecule has 1 N–H and O–H groups in total. The fourth-order valence-corrected chi connectivity index (χ4v) is 2.22. The molecule has 0 saturated carbocycles. The van der Waals surface area contributed by atoms with Crippen LogP contribution in [-0.2, 0) is 11.3 Å². The zero-order valence-electron chi connectivity index (χ0n) is 12.6. The van der Waals surface area contributed by atoms with Gasteiger partial charge in [-0.05, 0) is 32.9 Å². The Morgan fingerprint density at radius 2 is 2.11 bits per heavy atom. The van der Waals surface area contributed by atoms with Crippen LogP contribution in [0.4, 0.5) is 0 Å². The summed E-state index contributed by atoms with van der Waals surface area (Å²) in [5.74, 6) is 0.220. The molecule has 0 fully saturated rings. The largest absolute Gasteiger partial charge is 0.339 e. The number of aryl methyl sites for hydroxylation is 1. The Balaban J connectivity index is 2.60. The number of carbonyl (C=O) groups is 1. The topological polar surface area (TPSA) is 32.3 Å². The third kappa shape index (κ3) is 5.43. The van der Waals surface area contributed by atoms with Crippen molar-refractivity contribution in [3.63, 3.8) is 0 Å². The van der Waals surface area contributed by atoms with Crippen LogP contribution in [-0.4, -0.2) is 29.9 Å². The molecule has 0 aliphatic heterocycles. The lowest BCUT2D eigenvalue weighted by molar-refractivity contribution is -0.132. The molecule has 1 unspecified atom stereocenters. The van der Waals surface area contributed by atoms with Crippen molar-refractivity contribution in [2.45, 2.75) is 46.7 Å². The summed E-state index contributed by atoms with van der Waals surface area (Å²) < 4.78 is 0. The zero-order valence-corrected chi connectivity index (χ0v) is 12.6. The van der Waals surface area contributed by atoms with Crippen molar-refractivity contribution in [1.29, 1.82) is 0 Å². The van der Waals surface area contributed by atoms with Gasteiger partial charge in [0.1, 0.15) is 0 Å². The molecule has 0 radical (unpaired) electrons. The molecule has 0 saturated heterocycles. The molecule has 0 aliphatic carbocycles. The van der Waals surface area contributed by atoms with E-state index in [9.17, 15) is 4.79 Å². The van der Waals surface area contributed by atoms with Gasteiger partial charge in [-0.2, -0.15) is 0 Å². The highest BCUT2D eigenvalue weighted by molar-refractivity contribution is 5.76. The van der Waals surface area contributed by atoms with Crippen molar-refractivity contribution >= 4 is 5.91 Å². The second-order valence-corrected chi connectivity index (χ2v) is 5.06. The minimum absolute atomic E-state index is 0.220. The summed E-state index contributed by atoms with van der Waals surface area (Å²) in [6.07, 6.45) is 0.563. The minimum Gasteiger partial charge on any atom is -0.339 e. The average Bonchev–Trinajstić information content (AvgIpc) is 2.36. The van der Waals surface area contributed by atoms with Crippen molar-refractivity contribution in [2.24, 2.45) is 0 Å². The van der Waals surface area contributed by atoms with E-state index in [1.165, 1.54) is 11.1 Å². The highest BCUT2D eigenvalue weighted by Crippen LogP contribution is 2.09. The molecular formula is C16H26N2O. The standard InChI is InChI=1S/C16H26N2O/c1-5-17-14(4)11-16(19)18(6-2)12-15-9-7-8-13(3)10-15/h7-10,14,17H,5-6,11-12H2,1-4H3. The molecule has 0 heterocycles. The Labute approximate surface area is 117 Å². The van der Waals surface area contributed by atoms with E-state index in [-0.39, 0.29) is 11.9 Å². The molecule has 0 spiro atoms. The highest BCUT2D eigenvalue weighted by Gasteiger charge is 2.15. The van der Waals surface area contributed by atoms with Crippen molar-refractivity contribution in [1.82, 2.24) is 10.2 Å². The fourth-order valence-electron chi connectivity index (χ4n) is 2.22. The summed E-state index contributed by atoms with van der Waals surface area (Å²) in [6, 6.07) is 8.59. The summed E-state index contributed by atoms with van der Waals surface area (Å²) in [4.78, 5) is 14.2. The second kappa shape index (κ2) is 7.95. The summed E-state index contributed by atoms with van der Waals surface area (Å²) in [5, 5.41) is 3.28. The second-order valence-electron chi connectivity index (χ2n) is 5.06. The molecule has 3 nitrogen and oxygen atoms in total. The van der Waals surface area contributed by atoms with Gasteiger partial charge in [-0.1, -0.05) is 36.8 Å². The fraction of sp³-hybridized carbons (Fsp3) is 0.562.